The molecular formula is C20H23NO7S. The van der Waals surface area contributed by atoms with E-state index in [1.165, 1.54) is 30.7 Å². The summed E-state index contributed by atoms with van der Waals surface area (Å²) >= 11 is 0. The van der Waals surface area contributed by atoms with Crippen molar-refractivity contribution in [1.82, 2.24) is 4.31 Å². The van der Waals surface area contributed by atoms with Crippen LogP contribution >= 0.6 is 0 Å². The van der Waals surface area contributed by atoms with Gasteiger partial charge < -0.3 is 23.7 Å². The number of hydrogen-bond acceptors (Lipinski definition) is 7. The number of hydrogen-bond donors (Lipinski definition) is 0. The Morgan fingerprint density at radius 2 is 1.66 bits per heavy atom. The van der Waals surface area contributed by atoms with Crippen LogP contribution in [-0.4, -0.2) is 52.9 Å². The van der Waals surface area contributed by atoms with Gasteiger partial charge in [-0.1, -0.05) is 0 Å². The second-order valence-corrected chi connectivity index (χ2v) is 8.69. The molecule has 0 bridgehead atoms. The van der Waals surface area contributed by atoms with Gasteiger partial charge in [-0.25, -0.2) is 8.42 Å². The van der Waals surface area contributed by atoms with Crippen LogP contribution in [0.3, 0.4) is 0 Å². The second kappa shape index (κ2) is 8.00. The first-order valence-electron chi connectivity index (χ1n) is 9.30. The van der Waals surface area contributed by atoms with Gasteiger partial charge >= 0.3 is 0 Å². The number of methoxy groups -OCH3 is 2. The van der Waals surface area contributed by atoms with E-state index in [0.29, 0.717) is 54.7 Å². The topological polar surface area (TPSA) is 83.5 Å². The van der Waals surface area contributed by atoms with E-state index >= 15 is 0 Å². The molecule has 29 heavy (non-hydrogen) atoms. The van der Waals surface area contributed by atoms with Crippen molar-refractivity contribution < 1.29 is 32.1 Å². The van der Waals surface area contributed by atoms with Crippen molar-refractivity contribution in [3.63, 3.8) is 0 Å². The summed E-state index contributed by atoms with van der Waals surface area (Å²) in [4.78, 5) is 0.185. The molecular weight excluding hydrogens is 398 g/mol. The molecule has 0 spiro atoms. The van der Waals surface area contributed by atoms with Crippen LogP contribution in [-0.2, 0) is 10.0 Å². The van der Waals surface area contributed by atoms with Crippen LogP contribution < -0.4 is 23.7 Å². The van der Waals surface area contributed by atoms with Crippen molar-refractivity contribution in [2.24, 2.45) is 0 Å². The molecule has 4 rings (SSSR count). The van der Waals surface area contributed by atoms with Gasteiger partial charge in [-0.2, -0.15) is 4.31 Å². The van der Waals surface area contributed by atoms with Crippen LogP contribution in [0.5, 0.6) is 28.7 Å². The summed E-state index contributed by atoms with van der Waals surface area (Å²) < 4.78 is 54.6. The molecule has 2 aliphatic heterocycles. The lowest BCUT2D eigenvalue weighted by Crippen LogP contribution is -2.41. The third-order valence-electron chi connectivity index (χ3n) is 5.04. The highest BCUT2D eigenvalue weighted by Gasteiger charge is 2.31. The lowest BCUT2D eigenvalue weighted by atomic mass is 10.1. The van der Waals surface area contributed by atoms with Gasteiger partial charge in [0, 0.05) is 25.2 Å². The van der Waals surface area contributed by atoms with Crippen LogP contribution in [0.4, 0.5) is 0 Å². The number of nitrogens with zero attached hydrogens (tertiary/aromatic N) is 1. The van der Waals surface area contributed by atoms with Crippen LogP contribution in [0.25, 0.3) is 0 Å². The first kappa shape index (κ1) is 19.7. The Morgan fingerprint density at radius 1 is 0.931 bits per heavy atom. The normalized spacial score (nSPS) is 17.2. The van der Waals surface area contributed by atoms with E-state index < -0.39 is 10.0 Å². The van der Waals surface area contributed by atoms with Crippen LogP contribution in [0.15, 0.2) is 41.3 Å². The van der Waals surface area contributed by atoms with E-state index in [1.54, 1.807) is 12.1 Å². The summed E-state index contributed by atoms with van der Waals surface area (Å²) in [6.45, 7) is 0.975. The molecule has 0 saturated carbocycles. The number of rotatable bonds is 6. The van der Waals surface area contributed by atoms with E-state index in [-0.39, 0.29) is 17.8 Å². The fourth-order valence-corrected chi connectivity index (χ4v) is 4.94. The third kappa shape index (κ3) is 3.92. The summed E-state index contributed by atoms with van der Waals surface area (Å²) in [5.74, 6) is 2.93. The molecule has 2 aliphatic rings. The largest absolute Gasteiger partial charge is 0.493 e. The van der Waals surface area contributed by atoms with Crippen LogP contribution in [0.1, 0.15) is 12.8 Å². The van der Waals surface area contributed by atoms with Gasteiger partial charge in [0.05, 0.1) is 19.1 Å². The van der Waals surface area contributed by atoms with Crippen LogP contribution in [0, 0.1) is 0 Å². The molecule has 2 heterocycles. The molecule has 0 atom stereocenters. The zero-order valence-corrected chi connectivity index (χ0v) is 17.1. The fourth-order valence-electron chi connectivity index (χ4n) is 3.46. The van der Waals surface area contributed by atoms with E-state index in [0.717, 1.165) is 0 Å². The molecule has 0 N–H and O–H groups in total. The maximum Gasteiger partial charge on any atom is 0.243 e. The molecule has 1 saturated heterocycles. The van der Waals surface area contributed by atoms with Gasteiger partial charge in [0.1, 0.15) is 11.9 Å². The Bertz CT molecular complexity index is 984. The Labute approximate surface area is 169 Å². The van der Waals surface area contributed by atoms with E-state index in [4.69, 9.17) is 23.7 Å². The number of fused-ring (bicyclic) bond motifs is 1. The number of benzene rings is 2. The molecule has 1 fully saturated rings. The van der Waals surface area contributed by atoms with Gasteiger partial charge in [0.25, 0.3) is 0 Å². The summed E-state index contributed by atoms with van der Waals surface area (Å²) in [7, 11) is -0.628. The predicted octanol–water partition coefficient (Wildman–Crippen LogP) is 2.66. The molecule has 0 aliphatic carbocycles. The Morgan fingerprint density at radius 3 is 2.38 bits per heavy atom. The smallest absolute Gasteiger partial charge is 0.243 e. The molecule has 8 nitrogen and oxygen atoms in total. The molecule has 156 valence electrons. The molecule has 0 amide bonds. The lowest BCUT2D eigenvalue weighted by Gasteiger charge is -2.31. The maximum atomic E-state index is 13.0. The van der Waals surface area contributed by atoms with Gasteiger partial charge in [-0.3, -0.25) is 0 Å². The molecule has 9 heteroatoms. The number of ether oxygens (including phenoxy) is 5. The van der Waals surface area contributed by atoms with Crippen molar-refractivity contribution in [2.75, 3.05) is 34.1 Å². The Hall–Kier alpha value is -2.65. The average Bonchev–Trinajstić information content (AvgIpc) is 3.21. The molecule has 0 unspecified atom stereocenters. The van der Waals surface area contributed by atoms with E-state index in [2.05, 4.69) is 0 Å². The van der Waals surface area contributed by atoms with Gasteiger partial charge in [-0.15, -0.1) is 0 Å². The minimum atomic E-state index is -3.62. The zero-order valence-electron chi connectivity index (χ0n) is 16.3. The lowest BCUT2D eigenvalue weighted by molar-refractivity contribution is 0.134. The van der Waals surface area contributed by atoms with Crippen molar-refractivity contribution in [2.45, 2.75) is 23.8 Å². The number of piperidine rings is 1. The van der Waals surface area contributed by atoms with E-state index in [1.807, 2.05) is 12.1 Å². The summed E-state index contributed by atoms with van der Waals surface area (Å²) in [6.07, 6.45) is 1.13. The molecule has 0 aromatic heterocycles. The Balaban J connectivity index is 1.41. The monoisotopic (exact) mass is 421 g/mol. The van der Waals surface area contributed by atoms with Crippen molar-refractivity contribution in [1.29, 1.82) is 0 Å². The minimum Gasteiger partial charge on any atom is -0.493 e. The van der Waals surface area contributed by atoms with Gasteiger partial charge in [0.15, 0.2) is 23.0 Å². The highest BCUT2D eigenvalue weighted by molar-refractivity contribution is 7.89. The average molecular weight is 421 g/mol. The standard InChI is InChI=1S/C20H23NO7S/c1-24-17-6-4-16(12-19(17)25-2)29(22,23)21-9-7-14(8-10-21)28-15-3-5-18-20(11-15)27-13-26-18/h3-6,11-12,14H,7-10,13H2,1-2H3. The molecule has 2 aromatic rings. The maximum absolute atomic E-state index is 13.0. The summed E-state index contributed by atoms with van der Waals surface area (Å²) in [5, 5.41) is 0. The Kier molecular flexibility index (Phi) is 5.42. The summed E-state index contributed by atoms with van der Waals surface area (Å²) in [5.41, 5.74) is 0. The third-order valence-corrected chi connectivity index (χ3v) is 6.94. The summed E-state index contributed by atoms with van der Waals surface area (Å²) in [6, 6.07) is 10.1. The quantitative estimate of drug-likeness (QED) is 0.709. The second-order valence-electron chi connectivity index (χ2n) is 6.75. The minimum absolute atomic E-state index is 0.0628. The highest BCUT2D eigenvalue weighted by Crippen LogP contribution is 2.36. The van der Waals surface area contributed by atoms with Gasteiger partial charge in [-0.05, 0) is 37.1 Å². The van der Waals surface area contributed by atoms with Crippen LogP contribution in [0.2, 0.25) is 0 Å². The number of sulfonamides is 1. The SMILES string of the molecule is COc1ccc(S(=O)(=O)N2CCC(Oc3ccc4c(c3)OCO4)CC2)cc1OC. The van der Waals surface area contributed by atoms with Crippen molar-refractivity contribution >= 4 is 10.0 Å². The molecule has 0 radical (unpaired) electrons. The zero-order chi connectivity index (χ0) is 20.4. The van der Waals surface area contributed by atoms with Crippen molar-refractivity contribution in [3.05, 3.63) is 36.4 Å². The van der Waals surface area contributed by atoms with E-state index in [9.17, 15) is 8.42 Å². The predicted molar refractivity (Wildman–Crippen MR) is 105 cm³/mol. The fraction of sp³-hybridized carbons (Fsp3) is 0.400. The first-order valence-corrected chi connectivity index (χ1v) is 10.7. The molecule has 2 aromatic carbocycles. The van der Waals surface area contributed by atoms with Crippen molar-refractivity contribution in [3.8, 4) is 28.7 Å². The highest BCUT2D eigenvalue weighted by atomic mass is 32.2. The first-order chi connectivity index (χ1) is 14.0. The van der Waals surface area contributed by atoms with Gasteiger partial charge in [0.2, 0.25) is 16.8 Å².